The summed E-state index contributed by atoms with van der Waals surface area (Å²) in [5.41, 5.74) is 7.27. The van der Waals surface area contributed by atoms with Crippen LogP contribution in [0.15, 0.2) is 12.1 Å². The van der Waals surface area contributed by atoms with Gasteiger partial charge < -0.3 is 4.74 Å². The molecule has 1 heterocycles. The number of hydrogen-bond donors (Lipinski definition) is 2. The second-order valence-corrected chi connectivity index (χ2v) is 5.92. The number of aromatic nitrogens is 2. The largest absolute Gasteiger partial charge is 0.496 e. The van der Waals surface area contributed by atoms with Gasteiger partial charge in [0, 0.05) is 5.56 Å². The van der Waals surface area contributed by atoms with Crippen LogP contribution in [0.5, 0.6) is 5.75 Å². The van der Waals surface area contributed by atoms with Gasteiger partial charge in [-0.05, 0) is 49.0 Å². The summed E-state index contributed by atoms with van der Waals surface area (Å²) in [4.78, 5) is 1.06. The van der Waals surface area contributed by atoms with Gasteiger partial charge in [-0.1, -0.05) is 23.9 Å². The topological polar surface area (TPSA) is 73.1 Å². The molecule has 0 amide bonds. The predicted molar refractivity (Wildman–Crippen MR) is 85.5 cm³/mol. The molecule has 1 atom stereocenters. The second kappa shape index (κ2) is 6.98. The third kappa shape index (κ3) is 3.23. The summed E-state index contributed by atoms with van der Waals surface area (Å²) in [7, 11) is 1.68. The van der Waals surface area contributed by atoms with E-state index < -0.39 is 0 Å². The van der Waals surface area contributed by atoms with E-state index in [0.29, 0.717) is 0 Å². The number of hydrogen-bond acceptors (Lipinski definition) is 6. The van der Waals surface area contributed by atoms with Gasteiger partial charge in [0.2, 0.25) is 0 Å². The van der Waals surface area contributed by atoms with Gasteiger partial charge in [0.1, 0.15) is 5.75 Å². The highest BCUT2D eigenvalue weighted by molar-refractivity contribution is 7.05. The minimum Gasteiger partial charge on any atom is -0.496 e. The van der Waals surface area contributed by atoms with Crippen LogP contribution in [0.25, 0.3) is 0 Å². The minimum absolute atomic E-state index is 0.151. The molecular weight excluding hydrogens is 284 g/mol. The van der Waals surface area contributed by atoms with E-state index in [0.717, 1.165) is 40.3 Å². The quantitative estimate of drug-likeness (QED) is 0.634. The van der Waals surface area contributed by atoms with Crippen molar-refractivity contribution in [2.75, 3.05) is 7.11 Å². The first kappa shape index (κ1) is 15.9. The first-order chi connectivity index (χ1) is 10.1. The molecule has 0 aliphatic carbocycles. The van der Waals surface area contributed by atoms with Crippen molar-refractivity contribution in [3.8, 4) is 5.75 Å². The normalized spacial score (nSPS) is 12.4. The smallest absolute Gasteiger partial charge is 0.124 e. The summed E-state index contributed by atoms with van der Waals surface area (Å²) in [5, 5.41) is 4.24. The standard InChI is InChI=1S/C15H22N4OS/c1-5-6-11-15(21-19-18-11)14(17-16)13-10(3)7-9(2)8-12(13)20-4/h7-8,14,17H,5-6,16H2,1-4H3. The molecule has 6 heteroatoms. The molecule has 2 rings (SSSR count). The van der Waals surface area contributed by atoms with Gasteiger partial charge in [-0.2, -0.15) is 0 Å². The van der Waals surface area contributed by atoms with Crippen molar-refractivity contribution in [2.45, 2.75) is 39.7 Å². The number of aryl methyl sites for hydroxylation is 3. The summed E-state index contributed by atoms with van der Waals surface area (Å²) in [5.74, 6) is 6.68. The Kier molecular flexibility index (Phi) is 5.27. The number of nitrogens with two attached hydrogens (primary N) is 1. The maximum atomic E-state index is 5.84. The van der Waals surface area contributed by atoms with Crippen molar-refractivity contribution in [1.82, 2.24) is 15.0 Å². The highest BCUT2D eigenvalue weighted by Gasteiger charge is 2.24. The third-order valence-electron chi connectivity index (χ3n) is 3.50. The van der Waals surface area contributed by atoms with Crippen LogP contribution in [-0.2, 0) is 6.42 Å². The van der Waals surface area contributed by atoms with Crippen molar-refractivity contribution in [2.24, 2.45) is 5.84 Å². The van der Waals surface area contributed by atoms with Crippen LogP contribution in [0.2, 0.25) is 0 Å². The molecule has 0 aliphatic rings. The molecule has 0 bridgehead atoms. The first-order valence-electron chi connectivity index (χ1n) is 7.04. The van der Waals surface area contributed by atoms with E-state index in [1.54, 1.807) is 7.11 Å². The van der Waals surface area contributed by atoms with Gasteiger partial charge in [-0.3, -0.25) is 5.84 Å². The second-order valence-electron chi connectivity index (χ2n) is 5.13. The number of nitrogens with one attached hydrogen (secondary N) is 1. The number of methoxy groups -OCH3 is 1. The first-order valence-corrected chi connectivity index (χ1v) is 7.82. The van der Waals surface area contributed by atoms with E-state index in [-0.39, 0.29) is 6.04 Å². The molecule has 2 aromatic rings. The van der Waals surface area contributed by atoms with Gasteiger partial charge >= 0.3 is 0 Å². The lowest BCUT2D eigenvalue weighted by Gasteiger charge is -2.21. The van der Waals surface area contributed by atoms with Crippen LogP contribution in [0.3, 0.4) is 0 Å². The van der Waals surface area contributed by atoms with Gasteiger partial charge in [0.15, 0.2) is 0 Å². The number of nitrogens with zero attached hydrogens (tertiary/aromatic N) is 2. The summed E-state index contributed by atoms with van der Waals surface area (Å²) < 4.78 is 9.65. The van der Waals surface area contributed by atoms with Gasteiger partial charge in [-0.25, -0.2) is 5.43 Å². The average molecular weight is 306 g/mol. The Morgan fingerprint density at radius 2 is 2.14 bits per heavy atom. The van der Waals surface area contributed by atoms with E-state index >= 15 is 0 Å². The molecule has 3 N–H and O–H groups in total. The summed E-state index contributed by atoms with van der Waals surface area (Å²) >= 11 is 1.39. The van der Waals surface area contributed by atoms with Crippen molar-refractivity contribution >= 4 is 11.5 Å². The monoisotopic (exact) mass is 306 g/mol. The molecule has 0 saturated carbocycles. The molecule has 114 valence electrons. The molecule has 0 saturated heterocycles. The molecular formula is C15H22N4OS. The van der Waals surface area contributed by atoms with Gasteiger partial charge in [-0.15, -0.1) is 5.10 Å². The van der Waals surface area contributed by atoms with Crippen molar-refractivity contribution in [3.05, 3.63) is 39.4 Å². The van der Waals surface area contributed by atoms with E-state index in [1.165, 1.54) is 17.1 Å². The minimum atomic E-state index is -0.151. The van der Waals surface area contributed by atoms with E-state index in [1.807, 2.05) is 6.07 Å². The number of benzene rings is 1. The third-order valence-corrected chi connectivity index (χ3v) is 4.33. The molecule has 0 aliphatic heterocycles. The summed E-state index contributed by atoms with van der Waals surface area (Å²) in [6.07, 6.45) is 1.93. The maximum Gasteiger partial charge on any atom is 0.124 e. The molecule has 0 spiro atoms. The van der Waals surface area contributed by atoms with Crippen LogP contribution in [-0.4, -0.2) is 16.7 Å². The average Bonchev–Trinajstić information content (AvgIpc) is 2.90. The zero-order valence-corrected chi connectivity index (χ0v) is 13.8. The van der Waals surface area contributed by atoms with Crippen molar-refractivity contribution < 1.29 is 4.74 Å². The predicted octanol–water partition coefficient (Wildman–Crippen LogP) is 2.67. The lowest BCUT2D eigenvalue weighted by atomic mass is 9.96. The SMILES string of the molecule is CCCc1nnsc1C(NN)c1c(C)cc(C)cc1OC. The summed E-state index contributed by atoms with van der Waals surface area (Å²) in [6, 6.07) is 4.01. The van der Waals surface area contributed by atoms with Crippen LogP contribution in [0.1, 0.15) is 46.6 Å². The fourth-order valence-corrected chi connectivity index (χ4v) is 3.38. The highest BCUT2D eigenvalue weighted by atomic mass is 32.1. The Morgan fingerprint density at radius 3 is 2.76 bits per heavy atom. The van der Waals surface area contributed by atoms with E-state index in [2.05, 4.69) is 41.9 Å². The number of hydrazine groups is 1. The Hall–Kier alpha value is -1.50. The lowest BCUT2D eigenvalue weighted by molar-refractivity contribution is 0.403. The summed E-state index contributed by atoms with van der Waals surface area (Å²) in [6.45, 7) is 6.26. The Labute approximate surface area is 129 Å². The molecule has 21 heavy (non-hydrogen) atoms. The van der Waals surface area contributed by atoms with Crippen LogP contribution < -0.4 is 16.0 Å². The highest BCUT2D eigenvalue weighted by Crippen LogP contribution is 2.36. The Bertz CT molecular complexity index is 612. The maximum absolute atomic E-state index is 5.84. The molecule has 1 unspecified atom stereocenters. The Morgan fingerprint density at radius 1 is 1.38 bits per heavy atom. The zero-order chi connectivity index (χ0) is 15.4. The molecule has 0 fully saturated rings. The van der Waals surface area contributed by atoms with E-state index in [9.17, 15) is 0 Å². The zero-order valence-electron chi connectivity index (χ0n) is 12.9. The van der Waals surface area contributed by atoms with Gasteiger partial charge in [0.05, 0.1) is 23.7 Å². The van der Waals surface area contributed by atoms with Crippen molar-refractivity contribution in [3.63, 3.8) is 0 Å². The molecule has 1 aromatic heterocycles. The van der Waals surface area contributed by atoms with Crippen molar-refractivity contribution in [1.29, 1.82) is 0 Å². The molecule has 5 nitrogen and oxygen atoms in total. The molecule has 1 aromatic carbocycles. The number of ether oxygens (including phenoxy) is 1. The van der Waals surface area contributed by atoms with Crippen LogP contribution in [0.4, 0.5) is 0 Å². The van der Waals surface area contributed by atoms with Crippen LogP contribution >= 0.6 is 11.5 Å². The fourth-order valence-electron chi connectivity index (χ4n) is 2.61. The lowest BCUT2D eigenvalue weighted by Crippen LogP contribution is -2.30. The fraction of sp³-hybridized carbons (Fsp3) is 0.467. The van der Waals surface area contributed by atoms with Crippen LogP contribution in [0, 0.1) is 13.8 Å². The Balaban J connectivity index is 2.53. The number of rotatable bonds is 6. The van der Waals surface area contributed by atoms with E-state index in [4.69, 9.17) is 10.6 Å². The van der Waals surface area contributed by atoms with Gasteiger partial charge in [0.25, 0.3) is 0 Å². The molecule has 0 radical (unpaired) electrons.